The number of hydrogen-bond acceptors (Lipinski definition) is 5. The maximum Gasteiger partial charge on any atom is 0.324 e. The average Bonchev–Trinajstić information content (AvgIpc) is 3.50. The van der Waals surface area contributed by atoms with Crippen molar-refractivity contribution in [3.63, 3.8) is 0 Å². The number of furan rings is 1. The molecule has 0 spiro atoms. The van der Waals surface area contributed by atoms with Gasteiger partial charge in [-0.1, -0.05) is 60.7 Å². The largest absolute Gasteiger partial charge is 0.497 e. The third kappa shape index (κ3) is 3.86. The van der Waals surface area contributed by atoms with E-state index in [1.165, 1.54) is 0 Å². The minimum atomic E-state index is -0.909. The molecule has 2 heterocycles. The molecule has 1 aromatic heterocycles. The second-order valence-electron chi connectivity index (χ2n) is 8.89. The van der Waals surface area contributed by atoms with E-state index in [1.807, 2.05) is 48.5 Å². The maximum atomic E-state index is 11.6. The van der Waals surface area contributed by atoms with E-state index >= 15 is 0 Å². The monoisotopic (exact) mass is 476 g/mol. The SMILES string of the molecule is COc1ccc(C2=NN(CC(=O)O)[C@@H](c3ccc(-c4cccc5c4oc4ccccc45)cc3)C2)cc1. The van der Waals surface area contributed by atoms with Crippen molar-refractivity contribution in [2.75, 3.05) is 13.7 Å². The van der Waals surface area contributed by atoms with Crippen LogP contribution in [-0.4, -0.2) is 35.5 Å². The van der Waals surface area contributed by atoms with Crippen LogP contribution in [-0.2, 0) is 4.79 Å². The number of rotatable bonds is 6. The molecule has 1 N–H and O–H groups in total. The summed E-state index contributed by atoms with van der Waals surface area (Å²) >= 11 is 0. The fourth-order valence-electron chi connectivity index (χ4n) is 4.95. The third-order valence-corrected chi connectivity index (χ3v) is 6.73. The molecule has 1 aliphatic heterocycles. The molecule has 0 bridgehead atoms. The van der Waals surface area contributed by atoms with E-state index in [-0.39, 0.29) is 12.6 Å². The molecule has 0 radical (unpaired) electrons. The number of hydrazone groups is 1. The molecule has 6 nitrogen and oxygen atoms in total. The van der Waals surface area contributed by atoms with Crippen LogP contribution in [0, 0.1) is 0 Å². The quantitative estimate of drug-likeness (QED) is 0.303. The Labute approximate surface area is 208 Å². The number of carboxylic acid groups (broad SMARTS) is 1. The molecule has 1 atom stereocenters. The van der Waals surface area contributed by atoms with Gasteiger partial charge in [-0.3, -0.25) is 9.80 Å². The van der Waals surface area contributed by atoms with Crippen molar-refractivity contribution >= 4 is 33.6 Å². The van der Waals surface area contributed by atoms with Gasteiger partial charge in [-0.15, -0.1) is 0 Å². The van der Waals surface area contributed by atoms with Gasteiger partial charge in [0.2, 0.25) is 0 Å². The molecule has 6 heteroatoms. The molecular weight excluding hydrogens is 452 g/mol. The lowest BCUT2D eigenvalue weighted by molar-refractivity contribution is -0.138. The average molecular weight is 477 g/mol. The molecular formula is C30H24N2O4. The highest BCUT2D eigenvalue weighted by molar-refractivity contribution is 6.09. The normalized spacial score (nSPS) is 15.4. The Balaban J connectivity index is 1.32. The fourth-order valence-corrected chi connectivity index (χ4v) is 4.95. The van der Waals surface area contributed by atoms with Gasteiger partial charge < -0.3 is 14.3 Å². The molecule has 5 aromatic rings. The van der Waals surface area contributed by atoms with Gasteiger partial charge in [-0.2, -0.15) is 5.10 Å². The fraction of sp³-hybridized carbons (Fsp3) is 0.133. The molecule has 178 valence electrons. The first-order valence-electron chi connectivity index (χ1n) is 11.8. The summed E-state index contributed by atoms with van der Waals surface area (Å²) in [6.45, 7) is -0.162. The topological polar surface area (TPSA) is 75.3 Å². The van der Waals surface area contributed by atoms with Crippen LogP contribution in [0.15, 0.2) is 101 Å². The van der Waals surface area contributed by atoms with Gasteiger partial charge in [0, 0.05) is 22.8 Å². The second-order valence-corrected chi connectivity index (χ2v) is 8.89. The maximum absolute atomic E-state index is 11.6. The van der Waals surface area contributed by atoms with Crippen molar-refractivity contribution < 1.29 is 19.1 Å². The summed E-state index contributed by atoms with van der Waals surface area (Å²) < 4.78 is 11.5. The number of methoxy groups -OCH3 is 1. The van der Waals surface area contributed by atoms with E-state index in [0.29, 0.717) is 6.42 Å². The second kappa shape index (κ2) is 8.89. The zero-order chi connectivity index (χ0) is 24.6. The Hall–Kier alpha value is -4.58. The van der Waals surface area contributed by atoms with Crippen LogP contribution < -0.4 is 4.74 Å². The number of fused-ring (bicyclic) bond motifs is 3. The Morgan fingerprint density at radius 2 is 1.67 bits per heavy atom. The zero-order valence-corrected chi connectivity index (χ0v) is 19.7. The van der Waals surface area contributed by atoms with E-state index in [4.69, 9.17) is 9.15 Å². The molecule has 0 amide bonds. The molecule has 36 heavy (non-hydrogen) atoms. The Bertz CT molecular complexity index is 1600. The van der Waals surface area contributed by atoms with Gasteiger partial charge in [-0.05, 0) is 47.0 Å². The summed E-state index contributed by atoms with van der Waals surface area (Å²) in [7, 11) is 1.63. The third-order valence-electron chi connectivity index (χ3n) is 6.73. The Kier molecular flexibility index (Phi) is 5.41. The number of para-hydroxylation sites is 2. The van der Waals surface area contributed by atoms with E-state index in [0.717, 1.165) is 55.7 Å². The van der Waals surface area contributed by atoms with Crippen LogP contribution in [0.1, 0.15) is 23.6 Å². The highest BCUT2D eigenvalue weighted by Crippen LogP contribution is 2.37. The van der Waals surface area contributed by atoms with Crippen molar-refractivity contribution in [3.05, 3.63) is 102 Å². The van der Waals surface area contributed by atoms with Gasteiger partial charge in [0.25, 0.3) is 0 Å². The molecule has 6 rings (SSSR count). The Morgan fingerprint density at radius 3 is 2.42 bits per heavy atom. The van der Waals surface area contributed by atoms with Gasteiger partial charge >= 0.3 is 5.97 Å². The first-order chi connectivity index (χ1) is 17.6. The van der Waals surface area contributed by atoms with Crippen LogP contribution in [0.3, 0.4) is 0 Å². The molecule has 4 aromatic carbocycles. The highest BCUT2D eigenvalue weighted by atomic mass is 16.5. The summed E-state index contributed by atoms with van der Waals surface area (Å²) in [6, 6.07) is 30.0. The smallest absolute Gasteiger partial charge is 0.324 e. The number of ether oxygens (including phenoxy) is 1. The van der Waals surface area contributed by atoms with Gasteiger partial charge in [0.1, 0.15) is 23.5 Å². The number of nitrogens with zero attached hydrogens (tertiary/aromatic N) is 2. The van der Waals surface area contributed by atoms with E-state index < -0.39 is 5.97 Å². The van der Waals surface area contributed by atoms with Crippen LogP contribution in [0.5, 0.6) is 5.75 Å². The number of aliphatic carboxylic acids is 1. The van der Waals surface area contributed by atoms with Crippen LogP contribution in [0.4, 0.5) is 0 Å². The van der Waals surface area contributed by atoms with Crippen molar-refractivity contribution in [1.29, 1.82) is 0 Å². The van der Waals surface area contributed by atoms with Crippen LogP contribution in [0.2, 0.25) is 0 Å². The summed E-state index contributed by atoms with van der Waals surface area (Å²) in [4.78, 5) is 11.6. The molecule has 0 fully saturated rings. The molecule has 0 saturated carbocycles. The van der Waals surface area contributed by atoms with E-state index in [9.17, 15) is 9.90 Å². The van der Waals surface area contributed by atoms with Crippen LogP contribution in [0.25, 0.3) is 33.1 Å². The highest BCUT2D eigenvalue weighted by Gasteiger charge is 2.30. The predicted octanol–water partition coefficient (Wildman–Crippen LogP) is 6.50. The molecule has 0 aliphatic carbocycles. The first-order valence-corrected chi connectivity index (χ1v) is 11.8. The van der Waals surface area contributed by atoms with E-state index in [1.54, 1.807) is 12.1 Å². The molecule has 0 unspecified atom stereocenters. The summed E-state index contributed by atoms with van der Waals surface area (Å²) in [5, 5.41) is 18.0. The predicted molar refractivity (Wildman–Crippen MR) is 140 cm³/mol. The Morgan fingerprint density at radius 1 is 0.944 bits per heavy atom. The minimum absolute atomic E-state index is 0.158. The van der Waals surface area contributed by atoms with Crippen molar-refractivity contribution in [3.8, 4) is 16.9 Å². The van der Waals surface area contributed by atoms with Crippen molar-refractivity contribution in [2.24, 2.45) is 5.10 Å². The lowest BCUT2D eigenvalue weighted by atomic mass is 9.95. The van der Waals surface area contributed by atoms with Gasteiger partial charge in [0.05, 0.1) is 18.9 Å². The lowest BCUT2D eigenvalue weighted by Crippen LogP contribution is -2.26. The number of carbonyl (C=O) groups is 1. The summed E-state index contributed by atoms with van der Waals surface area (Å²) in [6.07, 6.45) is 0.623. The zero-order valence-electron chi connectivity index (χ0n) is 19.7. The van der Waals surface area contributed by atoms with Gasteiger partial charge in [0.15, 0.2) is 0 Å². The van der Waals surface area contributed by atoms with Gasteiger partial charge in [-0.25, -0.2) is 0 Å². The molecule has 0 saturated heterocycles. The van der Waals surface area contributed by atoms with Crippen molar-refractivity contribution in [2.45, 2.75) is 12.5 Å². The number of carboxylic acids is 1. The first kappa shape index (κ1) is 21.9. The summed E-state index contributed by atoms with van der Waals surface area (Å²) in [5.41, 5.74) is 6.65. The van der Waals surface area contributed by atoms with Crippen molar-refractivity contribution in [1.82, 2.24) is 5.01 Å². The lowest BCUT2D eigenvalue weighted by Gasteiger charge is -2.22. The summed E-state index contributed by atoms with van der Waals surface area (Å²) in [5.74, 6) is -0.140. The van der Waals surface area contributed by atoms with E-state index in [2.05, 4.69) is 47.6 Å². The van der Waals surface area contributed by atoms with Crippen LogP contribution >= 0.6 is 0 Å². The standard InChI is InChI=1S/C30H24N2O4/c1-35-22-15-13-20(14-16-22)26-17-27(32(31-26)18-29(33)34)21-11-9-19(10-12-21)23-6-4-7-25-24-5-2-3-8-28(24)36-30(23)25/h2-16,27H,17-18H2,1H3,(H,33,34)/t27-/m1/s1. The minimum Gasteiger partial charge on any atom is -0.497 e. The number of benzene rings is 4. The molecule has 1 aliphatic rings. The number of hydrogen-bond donors (Lipinski definition) is 1.